The number of amides is 1. The van der Waals surface area contributed by atoms with Crippen molar-refractivity contribution < 1.29 is 14.7 Å². The number of anilines is 1. The standard InChI is InChI=1S/C13H9ClN2O3/c14-8-2-1-3-9(6-8)16-12(17)11-7-15-5-4-10(11)13(18)19/h1-7H,(H,16,17)(H,18,19). The molecule has 0 spiro atoms. The Balaban J connectivity index is 2.28. The lowest BCUT2D eigenvalue weighted by atomic mass is 10.1. The third kappa shape index (κ3) is 3.08. The fraction of sp³-hybridized carbons (Fsp3) is 0. The number of nitrogens with zero attached hydrogens (tertiary/aromatic N) is 1. The van der Waals surface area contributed by atoms with Crippen LogP contribution in [0.4, 0.5) is 5.69 Å². The first-order chi connectivity index (χ1) is 9.08. The van der Waals surface area contributed by atoms with Crippen molar-refractivity contribution in [2.45, 2.75) is 0 Å². The molecule has 2 N–H and O–H groups in total. The molecule has 0 aliphatic heterocycles. The van der Waals surface area contributed by atoms with Crippen LogP contribution in [0.5, 0.6) is 0 Å². The van der Waals surface area contributed by atoms with Gasteiger partial charge in [0.1, 0.15) is 0 Å². The molecular weight excluding hydrogens is 268 g/mol. The lowest BCUT2D eigenvalue weighted by Gasteiger charge is -2.07. The molecule has 0 fully saturated rings. The van der Waals surface area contributed by atoms with E-state index in [1.54, 1.807) is 24.3 Å². The predicted octanol–water partition coefficient (Wildman–Crippen LogP) is 2.69. The highest BCUT2D eigenvalue weighted by Crippen LogP contribution is 2.16. The third-order valence-corrected chi connectivity index (χ3v) is 2.61. The van der Waals surface area contributed by atoms with Gasteiger partial charge in [0.05, 0.1) is 11.1 Å². The number of carbonyl (C=O) groups is 2. The molecule has 0 unspecified atom stereocenters. The summed E-state index contributed by atoms with van der Waals surface area (Å²) in [5.74, 6) is -1.73. The molecule has 2 aromatic rings. The number of rotatable bonds is 3. The zero-order valence-electron chi connectivity index (χ0n) is 9.63. The minimum absolute atomic E-state index is 0.00465. The Morgan fingerprint density at radius 3 is 2.68 bits per heavy atom. The number of pyridine rings is 1. The van der Waals surface area contributed by atoms with Crippen LogP contribution in [0, 0.1) is 0 Å². The Hall–Kier alpha value is -2.40. The Kier molecular flexibility index (Phi) is 3.77. The maximum absolute atomic E-state index is 12.0. The van der Waals surface area contributed by atoms with Gasteiger partial charge in [-0.25, -0.2) is 4.79 Å². The van der Waals surface area contributed by atoms with Gasteiger partial charge in [0.25, 0.3) is 5.91 Å². The fourth-order valence-corrected chi connectivity index (χ4v) is 1.72. The van der Waals surface area contributed by atoms with Crippen molar-refractivity contribution in [3.8, 4) is 0 Å². The van der Waals surface area contributed by atoms with Gasteiger partial charge in [0, 0.05) is 23.1 Å². The van der Waals surface area contributed by atoms with Crippen molar-refractivity contribution in [2.24, 2.45) is 0 Å². The molecule has 19 heavy (non-hydrogen) atoms. The van der Waals surface area contributed by atoms with E-state index in [4.69, 9.17) is 16.7 Å². The molecule has 0 saturated carbocycles. The lowest BCUT2D eigenvalue weighted by molar-refractivity contribution is 0.0692. The summed E-state index contributed by atoms with van der Waals surface area (Å²) in [6.07, 6.45) is 2.53. The predicted molar refractivity (Wildman–Crippen MR) is 70.6 cm³/mol. The van der Waals surface area contributed by atoms with Gasteiger partial charge in [0.2, 0.25) is 0 Å². The number of benzene rings is 1. The SMILES string of the molecule is O=C(O)c1ccncc1C(=O)Nc1cccc(Cl)c1. The molecule has 6 heteroatoms. The number of aromatic nitrogens is 1. The first-order valence-electron chi connectivity index (χ1n) is 5.32. The van der Waals surface area contributed by atoms with Gasteiger partial charge >= 0.3 is 5.97 Å². The van der Waals surface area contributed by atoms with Gasteiger partial charge < -0.3 is 10.4 Å². The van der Waals surface area contributed by atoms with Crippen molar-refractivity contribution in [1.29, 1.82) is 0 Å². The number of carbonyl (C=O) groups excluding carboxylic acids is 1. The van der Waals surface area contributed by atoms with Crippen LogP contribution in [-0.2, 0) is 0 Å². The zero-order valence-corrected chi connectivity index (χ0v) is 10.4. The zero-order chi connectivity index (χ0) is 13.8. The molecular formula is C13H9ClN2O3. The molecule has 0 aliphatic rings. The Bertz CT molecular complexity index is 643. The van der Waals surface area contributed by atoms with Gasteiger partial charge in [-0.2, -0.15) is 0 Å². The van der Waals surface area contributed by atoms with Crippen molar-refractivity contribution in [3.63, 3.8) is 0 Å². The van der Waals surface area contributed by atoms with Crippen molar-refractivity contribution in [2.75, 3.05) is 5.32 Å². The van der Waals surface area contributed by atoms with E-state index in [0.717, 1.165) is 0 Å². The van der Waals surface area contributed by atoms with Crippen LogP contribution in [-0.4, -0.2) is 22.0 Å². The van der Waals surface area contributed by atoms with E-state index in [1.165, 1.54) is 18.5 Å². The van der Waals surface area contributed by atoms with E-state index >= 15 is 0 Å². The normalized spacial score (nSPS) is 9.95. The van der Waals surface area contributed by atoms with E-state index in [2.05, 4.69) is 10.3 Å². The average molecular weight is 277 g/mol. The second-order valence-corrected chi connectivity index (χ2v) is 4.13. The molecule has 0 saturated heterocycles. The van der Waals surface area contributed by atoms with E-state index < -0.39 is 11.9 Å². The number of hydrogen-bond donors (Lipinski definition) is 2. The second-order valence-electron chi connectivity index (χ2n) is 3.69. The van der Waals surface area contributed by atoms with Gasteiger partial charge in [-0.05, 0) is 24.3 Å². The van der Waals surface area contributed by atoms with Crippen LogP contribution in [0.3, 0.4) is 0 Å². The van der Waals surface area contributed by atoms with Crippen molar-refractivity contribution in [3.05, 3.63) is 58.9 Å². The number of nitrogens with one attached hydrogen (secondary N) is 1. The molecule has 0 bridgehead atoms. The van der Waals surface area contributed by atoms with Crippen LogP contribution < -0.4 is 5.32 Å². The smallest absolute Gasteiger partial charge is 0.336 e. The monoisotopic (exact) mass is 276 g/mol. The largest absolute Gasteiger partial charge is 0.478 e. The summed E-state index contributed by atoms with van der Waals surface area (Å²) < 4.78 is 0. The van der Waals surface area contributed by atoms with E-state index in [-0.39, 0.29) is 11.1 Å². The summed E-state index contributed by atoms with van der Waals surface area (Å²) in [6, 6.07) is 7.84. The first kappa shape index (κ1) is 13.0. The van der Waals surface area contributed by atoms with Crippen LogP contribution in [0.15, 0.2) is 42.7 Å². The number of carboxylic acid groups (broad SMARTS) is 1. The van der Waals surface area contributed by atoms with Gasteiger partial charge in [-0.3, -0.25) is 9.78 Å². The van der Waals surface area contributed by atoms with Crippen LogP contribution in [0.1, 0.15) is 20.7 Å². The Morgan fingerprint density at radius 2 is 2.00 bits per heavy atom. The minimum atomic E-state index is -1.18. The lowest BCUT2D eigenvalue weighted by Crippen LogP contribution is -2.16. The number of carboxylic acids is 1. The quantitative estimate of drug-likeness (QED) is 0.903. The molecule has 1 aromatic carbocycles. The van der Waals surface area contributed by atoms with E-state index in [9.17, 15) is 9.59 Å². The molecule has 1 amide bonds. The van der Waals surface area contributed by atoms with Crippen LogP contribution >= 0.6 is 11.6 Å². The summed E-state index contributed by atoms with van der Waals surface area (Å²) in [5, 5.41) is 12.0. The summed E-state index contributed by atoms with van der Waals surface area (Å²) in [5.41, 5.74) is 0.377. The van der Waals surface area contributed by atoms with Gasteiger partial charge in [-0.1, -0.05) is 17.7 Å². The molecule has 0 radical (unpaired) electrons. The first-order valence-corrected chi connectivity index (χ1v) is 5.70. The summed E-state index contributed by atoms with van der Waals surface area (Å²) >= 11 is 5.80. The van der Waals surface area contributed by atoms with Crippen LogP contribution in [0.25, 0.3) is 0 Å². The summed E-state index contributed by atoms with van der Waals surface area (Å²) in [7, 11) is 0. The third-order valence-electron chi connectivity index (χ3n) is 2.38. The van der Waals surface area contributed by atoms with Gasteiger partial charge in [0.15, 0.2) is 0 Å². The number of aromatic carboxylic acids is 1. The highest BCUT2D eigenvalue weighted by atomic mass is 35.5. The molecule has 5 nitrogen and oxygen atoms in total. The molecule has 1 heterocycles. The molecule has 1 aromatic heterocycles. The summed E-state index contributed by atoms with van der Waals surface area (Å²) in [6.45, 7) is 0. The highest BCUT2D eigenvalue weighted by Gasteiger charge is 2.16. The topological polar surface area (TPSA) is 79.3 Å². The molecule has 2 rings (SSSR count). The molecule has 0 atom stereocenters. The average Bonchev–Trinajstić information content (AvgIpc) is 2.38. The Morgan fingerprint density at radius 1 is 1.21 bits per heavy atom. The molecule has 0 aliphatic carbocycles. The van der Waals surface area contributed by atoms with Crippen molar-refractivity contribution >= 4 is 29.2 Å². The fourth-order valence-electron chi connectivity index (χ4n) is 1.53. The van der Waals surface area contributed by atoms with E-state index in [1.807, 2.05) is 0 Å². The van der Waals surface area contributed by atoms with E-state index in [0.29, 0.717) is 10.7 Å². The number of halogens is 1. The second kappa shape index (κ2) is 5.49. The number of hydrogen-bond acceptors (Lipinski definition) is 3. The highest BCUT2D eigenvalue weighted by molar-refractivity contribution is 6.31. The minimum Gasteiger partial charge on any atom is -0.478 e. The summed E-state index contributed by atoms with van der Waals surface area (Å²) in [4.78, 5) is 26.8. The van der Waals surface area contributed by atoms with Gasteiger partial charge in [-0.15, -0.1) is 0 Å². The molecule has 96 valence electrons. The maximum Gasteiger partial charge on any atom is 0.336 e. The van der Waals surface area contributed by atoms with Crippen molar-refractivity contribution in [1.82, 2.24) is 4.98 Å². The maximum atomic E-state index is 12.0. The van der Waals surface area contributed by atoms with Crippen LogP contribution in [0.2, 0.25) is 5.02 Å². The Labute approximate surface area is 113 Å².